The van der Waals surface area contributed by atoms with E-state index in [0.29, 0.717) is 0 Å². The third kappa shape index (κ3) is 6.03. The van der Waals surface area contributed by atoms with Crippen molar-refractivity contribution in [2.45, 2.75) is 50.8 Å². The lowest BCUT2D eigenvalue weighted by Gasteiger charge is -2.30. The predicted octanol–water partition coefficient (Wildman–Crippen LogP) is 1.50. The molecule has 4 rings (SSSR count). The van der Waals surface area contributed by atoms with Gasteiger partial charge >= 0.3 is 13.6 Å². The highest BCUT2D eigenvalue weighted by molar-refractivity contribution is 7.54. The number of rotatable bonds is 11. The monoisotopic (exact) mass is 582 g/mol. The zero-order valence-electron chi connectivity index (χ0n) is 22.1. The maximum absolute atomic E-state index is 14.4. The number of fused-ring (bicyclic) bond motifs is 1. The third-order valence-corrected chi connectivity index (χ3v) is 8.30. The van der Waals surface area contributed by atoms with Gasteiger partial charge in [-0.25, -0.2) is 13.9 Å². The van der Waals surface area contributed by atoms with Crippen LogP contribution in [0.1, 0.15) is 27.0 Å². The molecule has 2 aromatic heterocycles. The quantitative estimate of drug-likeness (QED) is 0.187. The fraction of sp³-hybridized carbons (Fsp3) is 0.500. The van der Waals surface area contributed by atoms with Gasteiger partial charge in [0.1, 0.15) is 30.2 Å². The van der Waals surface area contributed by atoms with Gasteiger partial charge in [-0.2, -0.15) is 4.98 Å². The number of nitrogens with one attached hydrogen (secondary N) is 1. The van der Waals surface area contributed by atoms with Crippen molar-refractivity contribution >= 4 is 30.7 Å². The van der Waals surface area contributed by atoms with Gasteiger partial charge in [0.15, 0.2) is 17.4 Å². The second-order valence-electron chi connectivity index (χ2n) is 9.87. The average Bonchev–Trinajstić information content (AvgIpc) is 3.42. The van der Waals surface area contributed by atoms with Crippen molar-refractivity contribution in [1.29, 1.82) is 0 Å². The number of benzene rings is 1. The summed E-state index contributed by atoms with van der Waals surface area (Å²) in [6, 6.07) is 8.18. The van der Waals surface area contributed by atoms with E-state index in [4.69, 9.17) is 30.0 Å². The maximum atomic E-state index is 14.4. The summed E-state index contributed by atoms with van der Waals surface area (Å²) in [5.41, 5.74) is 9.11. The number of halogens is 1. The van der Waals surface area contributed by atoms with Crippen LogP contribution in [0.2, 0.25) is 0 Å². The highest BCUT2D eigenvalue weighted by Crippen LogP contribution is 2.51. The number of nitrogen functional groups attached to an aromatic ring is 1. The number of nitrogens with zero attached hydrogens (tertiary/aromatic N) is 3. The highest BCUT2D eigenvalue weighted by atomic mass is 31.2. The molecule has 16 heteroatoms. The van der Waals surface area contributed by atoms with Crippen LogP contribution in [0.15, 0.2) is 41.5 Å². The van der Waals surface area contributed by atoms with E-state index >= 15 is 0 Å². The van der Waals surface area contributed by atoms with E-state index in [9.17, 15) is 23.7 Å². The number of carbonyl (C=O) groups excluding carboxylic acids is 1. The molecule has 3 aromatic rings. The molecule has 0 amide bonds. The van der Waals surface area contributed by atoms with Gasteiger partial charge in [0.25, 0.3) is 5.56 Å². The number of imidazole rings is 1. The fourth-order valence-electron chi connectivity index (χ4n) is 4.28. The summed E-state index contributed by atoms with van der Waals surface area (Å²) in [5.74, 6) is -1.47. The topological polar surface area (TPSA) is 207 Å². The second-order valence-corrected chi connectivity index (χ2v) is 11.9. The molecule has 6 N–H and O–H groups in total. The number of aromatic nitrogens is 4. The van der Waals surface area contributed by atoms with E-state index in [1.807, 2.05) is 0 Å². The number of para-hydroxylation sites is 1. The number of hydrogen-bond donors (Lipinski definition) is 4. The Hall–Kier alpha value is -3.36. The van der Waals surface area contributed by atoms with Crippen molar-refractivity contribution in [3.8, 4) is 5.75 Å². The Kier molecular flexibility index (Phi) is 8.61. The summed E-state index contributed by atoms with van der Waals surface area (Å²) in [5, 5.41) is 11.0. The zero-order valence-corrected chi connectivity index (χ0v) is 23.0. The van der Waals surface area contributed by atoms with Crippen LogP contribution >= 0.6 is 7.60 Å². The van der Waals surface area contributed by atoms with Crippen LogP contribution in [0, 0.1) is 5.92 Å². The second kappa shape index (κ2) is 11.6. The minimum absolute atomic E-state index is 0.0427. The molecule has 1 fully saturated rings. The van der Waals surface area contributed by atoms with Crippen LogP contribution in [0.25, 0.3) is 11.2 Å². The normalized spacial score (nSPS) is 25.1. The molecule has 1 aromatic carbocycles. The molecule has 0 bridgehead atoms. The molecule has 6 atom stereocenters. The fourth-order valence-corrected chi connectivity index (χ4v) is 6.15. The van der Waals surface area contributed by atoms with Crippen LogP contribution in [0.4, 0.5) is 10.3 Å². The molecular formula is C24H32FN6O8P. The first-order valence-electron chi connectivity index (χ1n) is 12.5. The lowest BCUT2D eigenvalue weighted by atomic mass is 9.92. The van der Waals surface area contributed by atoms with Gasteiger partial charge in [-0.15, -0.1) is 0 Å². The number of hydrogen-bond acceptors (Lipinski definition) is 12. The van der Waals surface area contributed by atoms with Crippen molar-refractivity contribution in [1.82, 2.24) is 19.5 Å². The van der Waals surface area contributed by atoms with Crippen molar-refractivity contribution in [3.05, 3.63) is 47.0 Å². The predicted molar refractivity (Wildman–Crippen MR) is 141 cm³/mol. The minimum Gasteiger partial charge on any atom is -0.463 e. The molecular weight excluding hydrogens is 550 g/mol. The number of H-pyrrole nitrogens is 1. The van der Waals surface area contributed by atoms with Crippen LogP contribution in [-0.2, 0) is 23.4 Å². The summed E-state index contributed by atoms with van der Waals surface area (Å²) in [4.78, 5) is 34.9. The first-order chi connectivity index (χ1) is 18.9. The molecule has 0 radical (unpaired) electrons. The van der Waals surface area contributed by atoms with Crippen LogP contribution in [-0.4, -0.2) is 73.9 Å². The molecule has 1 saturated heterocycles. The first kappa shape index (κ1) is 29.6. The third-order valence-electron chi connectivity index (χ3n) is 6.28. The van der Waals surface area contributed by atoms with Crippen LogP contribution in [0.3, 0.4) is 0 Å². The maximum Gasteiger partial charge on any atom is 0.380 e. The number of carbonyl (C=O) groups is 1. The van der Waals surface area contributed by atoms with Crippen LogP contribution in [0.5, 0.6) is 5.75 Å². The summed E-state index contributed by atoms with van der Waals surface area (Å²) in [7, 11) is -4.08. The van der Waals surface area contributed by atoms with E-state index in [0.717, 1.165) is 6.33 Å². The average molecular weight is 583 g/mol. The highest BCUT2D eigenvalue weighted by Gasteiger charge is 2.56. The SMILES string of the molecule is CC(C)OC(=O)[C@H](C)C[P@@](=O)(OC[C@H]1O[C@@H](n2cnc3c(=O)[nH]c(N)nc32)C(N)(CF)[C@H]1O)Oc1ccccc1. The van der Waals surface area contributed by atoms with Gasteiger partial charge in [0, 0.05) is 0 Å². The lowest BCUT2D eigenvalue weighted by molar-refractivity contribution is -0.151. The number of nitrogens with two attached hydrogens (primary N) is 2. The van der Waals surface area contributed by atoms with Gasteiger partial charge in [-0.1, -0.05) is 25.1 Å². The summed E-state index contributed by atoms with van der Waals surface area (Å²) in [6.07, 6.45) is -3.93. The molecule has 14 nitrogen and oxygen atoms in total. The molecule has 218 valence electrons. The van der Waals surface area contributed by atoms with Gasteiger partial charge in [-0.3, -0.25) is 23.7 Å². The van der Waals surface area contributed by atoms with Gasteiger partial charge in [0.2, 0.25) is 5.95 Å². The van der Waals surface area contributed by atoms with E-state index < -0.39 is 62.3 Å². The summed E-state index contributed by atoms with van der Waals surface area (Å²) < 4.78 is 51.9. The van der Waals surface area contributed by atoms with E-state index in [2.05, 4.69) is 15.0 Å². The van der Waals surface area contributed by atoms with Gasteiger partial charge in [0.05, 0.1) is 31.1 Å². The molecule has 1 unspecified atom stereocenters. The molecule has 1 aliphatic rings. The number of aliphatic hydroxyl groups is 1. The summed E-state index contributed by atoms with van der Waals surface area (Å²) >= 11 is 0. The lowest BCUT2D eigenvalue weighted by Crippen LogP contribution is -2.56. The largest absolute Gasteiger partial charge is 0.463 e. The smallest absolute Gasteiger partial charge is 0.380 e. The molecule has 1 aliphatic heterocycles. The molecule has 0 saturated carbocycles. The Labute approximate surface area is 228 Å². The number of ether oxygens (including phenoxy) is 2. The van der Waals surface area contributed by atoms with E-state index in [1.165, 1.54) is 11.5 Å². The number of esters is 1. The Morgan fingerprint density at radius 1 is 1.32 bits per heavy atom. The zero-order chi connectivity index (χ0) is 29.2. The van der Waals surface area contributed by atoms with Gasteiger partial charge < -0.3 is 30.6 Å². The van der Waals surface area contributed by atoms with E-state index in [1.54, 1.807) is 44.2 Å². The first-order valence-corrected chi connectivity index (χ1v) is 14.2. The Bertz CT molecular complexity index is 1450. The van der Waals surface area contributed by atoms with Gasteiger partial charge in [-0.05, 0) is 26.0 Å². The molecule has 40 heavy (non-hydrogen) atoms. The molecule has 0 aliphatic carbocycles. The van der Waals surface area contributed by atoms with Crippen molar-refractivity contribution in [2.75, 3.05) is 25.2 Å². The number of aromatic amines is 1. The number of anilines is 1. The van der Waals surface area contributed by atoms with Crippen molar-refractivity contribution in [3.63, 3.8) is 0 Å². The Morgan fingerprint density at radius 3 is 2.67 bits per heavy atom. The van der Waals surface area contributed by atoms with Crippen molar-refractivity contribution < 1.29 is 37.4 Å². The summed E-state index contributed by atoms with van der Waals surface area (Å²) in [6.45, 7) is 3.09. The van der Waals surface area contributed by atoms with E-state index in [-0.39, 0.29) is 35.1 Å². The Balaban J connectivity index is 1.58. The van der Waals surface area contributed by atoms with Crippen molar-refractivity contribution in [2.24, 2.45) is 11.7 Å². The standard InChI is InChI=1S/C24H32FN6O8P/c1-13(2)37-21(34)14(3)10-40(35,39-15-7-5-4-6-8-15)36-9-16-18(32)24(27,11-25)22(38-16)31-12-28-17-19(31)29-23(26)30-20(17)33/h4-8,12-14,16,18,22,32H,9-11,27H2,1-3H3,(H3,26,29,30,33)/t14-,16-,18+,22-,24?,40-/m1/s1. The number of aliphatic hydroxyl groups excluding tert-OH is 1. The molecule has 3 heterocycles. The van der Waals surface area contributed by atoms with Crippen LogP contribution < -0.4 is 21.6 Å². The number of alkyl halides is 1. The molecule has 0 spiro atoms. The Morgan fingerprint density at radius 2 is 2.02 bits per heavy atom. The minimum atomic E-state index is -4.08.